The molecule has 7 nitrogen and oxygen atoms in total. The molecule has 1 atom stereocenters. The summed E-state index contributed by atoms with van der Waals surface area (Å²) in [7, 11) is -3.87. The van der Waals surface area contributed by atoms with Gasteiger partial charge in [0.25, 0.3) is 0 Å². The fourth-order valence-electron chi connectivity index (χ4n) is 3.43. The van der Waals surface area contributed by atoms with Crippen molar-refractivity contribution in [2.75, 3.05) is 23.7 Å². The fraction of sp³-hybridized carbons (Fsp3) is 0.417. The van der Waals surface area contributed by atoms with Crippen LogP contribution in [0.2, 0.25) is 15.1 Å². The van der Waals surface area contributed by atoms with Crippen LogP contribution in [0.4, 0.5) is 5.69 Å². The first-order valence-corrected chi connectivity index (χ1v) is 14.1. The van der Waals surface area contributed by atoms with Gasteiger partial charge in [-0.2, -0.15) is 0 Å². The summed E-state index contributed by atoms with van der Waals surface area (Å²) in [4.78, 5) is 28.0. The second-order valence-corrected chi connectivity index (χ2v) is 11.7. The van der Waals surface area contributed by atoms with Crippen molar-refractivity contribution in [3.05, 3.63) is 63.1 Å². The van der Waals surface area contributed by atoms with Gasteiger partial charge in [-0.1, -0.05) is 73.8 Å². The maximum atomic E-state index is 13.6. The lowest BCUT2D eigenvalue weighted by Crippen LogP contribution is -2.52. The van der Waals surface area contributed by atoms with Gasteiger partial charge in [-0.05, 0) is 42.2 Å². The van der Waals surface area contributed by atoms with E-state index in [0.29, 0.717) is 28.6 Å². The number of carbonyl (C=O) groups excluding carboxylic acids is 2. The molecule has 0 aliphatic carbocycles. The van der Waals surface area contributed by atoms with E-state index in [2.05, 4.69) is 5.32 Å². The molecule has 11 heteroatoms. The van der Waals surface area contributed by atoms with E-state index in [1.165, 1.54) is 11.0 Å². The van der Waals surface area contributed by atoms with Crippen LogP contribution in [0.15, 0.2) is 42.5 Å². The molecule has 2 rings (SSSR count). The first-order valence-electron chi connectivity index (χ1n) is 11.1. The van der Waals surface area contributed by atoms with Gasteiger partial charge in [-0.3, -0.25) is 13.9 Å². The van der Waals surface area contributed by atoms with Crippen molar-refractivity contribution in [3.8, 4) is 0 Å². The van der Waals surface area contributed by atoms with Crippen LogP contribution in [0.1, 0.15) is 32.8 Å². The number of nitrogens with zero attached hydrogens (tertiary/aromatic N) is 2. The number of sulfonamides is 1. The molecule has 2 aromatic rings. The third kappa shape index (κ3) is 8.27. The maximum absolute atomic E-state index is 13.6. The first kappa shape index (κ1) is 29.2. The van der Waals surface area contributed by atoms with Gasteiger partial charge < -0.3 is 10.2 Å². The Hall–Kier alpha value is -2.00. The van der Waals surface area contributed by atoms with E-state index in [1.54, 1.807) is 43.3 Å². The number of benzene rings is 2. The summed E-state index contributed by atoms with van der Waals surface area (Å²) < 4.78 is 26.2. The van der Waals surface area contributed by atoms with Crippen molar-refractivity contribution in [1.82, 2.24) is 10.2 Å². The Labute approximate surface area is 222 Å². The second-order valence-electron chi connectivity index (χ2n) is 8.55. The highest BCUT2D eigenvalue weighted by Crippen LogP contribution is 2.28. The number of amides is 2. The summed E-state index contributed by atoms with van der Waals surface area (Å²) in [6.45, 7) is 5.67. The first-order chi connectivity index (χ1) is 16.3. The maximum Gasteiger partial charge on any atom is 0.244 e. The average Bonchev–Trinajstić information content (AvgIpc) is 2.78. The van der Waals surface area contributed by atoms with Gasteiger partial charge >= 0.3 is 0 Å². The lowest BCUT2D eigenvalue weighted by Gasteiger charge is -2.33. The number of nitrogens with one attached hydrogen (secondary N) is 1. The molecule has 0 radical (unpaired) electrons. The highest BCUT2D eigenvalue weighted by Gasteiger charge is 2.32. The van der Waals surface area contributed by atoms with Gasteiger partial charge in [0.15, 0.2) is 0 Å². The van der Waals surface area contributed by atoms with Gasteiger partial charge in [0, 0.05) is 13.1 Å². The summed E-state index contributed by atoms with van der Waals surface area (Å²) >= 11 is 18.4. The van der Waals surface area contributed by atoms with Crippen molar-refractivity contribution >= 4 is 62.3 Å². The zero-order valence-corrected chi connectivity index (χ0v) is 23.2. The number of hydrogen-bond donors (Lipinski definition) is 1. The molecule has 1 N–H and O–H groups in total. The number of para-hydroxylation sites is 1. The van der Waals surface area contributed by atoms with Gasteiger partial charge in [0.05, 0.1) is 27.0 Å². The Balaban J connectivity index is 2.46. The van der Waals surface area contributed by atoms with Crippen LogP contribution in [0.25, 0.3) is 0 Å². The lowest BCUT2D eigenvalue weighted by atomic mass is 10.1. The minimum absolute atomic E-state index is 0.0312. The summed E-state index contributed by atoms with van der Waals surface area (Å²) in [5.74, 6) is -0.664. The van der Waals surface area contributed by atoms with Crippen molar-refractivity contribution in [2.45, 2.75) is 39.8 Å². The normalized spacial score (nSPS) is 12.3. The topological polar surface area (TPSA) is 86.8 Å². The highest BCUT2D eigenvalue weighted by atomic mass is 35.5. The number of rotatable bonds is 11. The molecule has 0 saturated carbocycles. The van der Waals surface area contributed by atoms with Crippen LogP contribution in [-0.2, 0) is 26.2 Å². The largest absolute Gasteiger partial charge is 0.354 e. The molecule has 0 spiro atoms. The van der Waals surface area contributed by atoms with Crippen LogP contribution >= 0.6 is 34.8 Å². The Kier molecular flexibility index (Phi) is 10.7. The summed E-state index contributed by atoms with van der Waals surface area (Å²) in [5, 5.41) is 3.72. The lowest BCUT2D eigenvalue weighted by molar-refractivity contribution is -0.140. The SMILES string of the molecule is CC[C@@H](C(=O)NCC(C)C)N(Cc1ccc(Cl)c(Cl)c1)C(=O)CN(c1ccccc1Cl)S(C)(=O)=O. The quantitative estimate of drug-likeness (QED) is 0.418. The van der Waals surface area contributed by atoms with Gasteiger partial charge in [0.1, 0.15) is 12.6 Å². The van der Waals surface area contributed by atoms with E-state index >= 15 is 0 Å². The predicted octanol–water partition coefficient (Wildman–Crippen LogP) is 4.99. The van der Waals surface area contributed by atoms with Crippen LogP contribution in [-0.4, -0.2) is 50.5 Å². The van der Waals surface area contributed by atoms with Crippen LogP contribution < -0.4 is 9.62 Å². The number of anilines is 1. The molecule has 0 aliphatic heterocycles. The molecule has 0 fully saturated rings. The van der Waals surface area contributed by atoms with Gasteiger partial charge in [-0.15, -0.1) is 0 Å². The number of hydrogen-bond acceptors (Lipinski definition) is 4. The highest BCUT2D eigenvalue weighted by molar-refractivity contribution is 7.92. The smallest absolute Gasteiger partial charge is 0.244 e. The average molecular weight is 563 g/mol. The number of halogens is 3. The fourth-order valence-corrected chi connectivity index (χ4v) is 4.90. The standard InChI is InChI=1S/C24H30Cl3N3O4S/c1-5-21(24(32)28-13-16(2)3)29(14-17-10-11-18(25)20(27)12-17)23(31)15-30(35(4,33)34)22-9-7-6-8-19(22)26/h6-12,16,21H,5,13-15H2,1-4H3,(H,28,32)/t21-/m0/s1. The van der Waals surface area contributed by atoms with Crippen molar-refractivity contribution < 1.29 is 18.0 Å². The molecule has 192 valence electrons. The molecule has 0 unspecified atom stereocenters. The summed E-state index contributed by atoms with van der Waals surface area (Å²) in [5.41, 5.74) is 0.823. The molecular weight excluding hydrogens is 533 g/mol. The Morgan fingerprint density at radius 3 is 2.20 bits per heavy atom. The summed E-state index contributed by atoms with van der Waals surface area (Å²) in [6.07, 6.45) is 1.32. The molecular formula is C24H30Cl3N3O4S. The Morgan fingerprint density at radius 1 is 1.00 bits per heavy atom. The van der Waals surface area contributed by atoms with Crippen molar-refractivity contribution in [3.63, 3.8) is 0 Å². The molecule has 35 heavy (non-hydrogen) atoms. The zero-order chi connectivity index (χ0) is 26.3. The van der Waals surface area contributed by atoms with Gasteiger partial charge in [-0.25, -0.2) is 8.42 Å². The predicted molar refractivity (Wildman–Crippen MR) is 143 cm³/mol. The molecule has 2 aromatic carbocycles. The van der Waals surface area contributed by atoms with Gasteiger partial charge in [0.2, 0.25) is 21.8 Å². The van der Waals surface area contributed by atoms with Crippen LogP contribution in [0, 0.1) is 5.92 Å². The molecule has 0 bridgehead atoms. The minimum atomic E-state index is -3.87. The third-order valence-electron chi connectivity index (χ3n) is 5.21. The summed E-state index contributed by atoms with van der Waals surface area (Å²) in [6, 6.07) is 10.5. The van der Waals surface area contributed by atoms with Crippen molar-refractivity contribution in [2.24, 2.45) is 5.92 Å². The molecule has 2 amide bonds. The van der Waals surface area contributed by atoms with E-state index in [-0.39, 0.29) is 29.1 Å². The Bertz CT molecular complexity index is 1160. The molecule has 0 aromatic heterocycles. The monoisotopic (exact) mass is 561 g/mol. The van der Waals surface area contributed by atoms with E-state index in [1.807, 2.05) is 13.8 Å². The van der Waals surface area contributed by atoms with Crippen LogP contribution in [0.5, 0.6) is 0 Å². The molecule has 0 saturated heterocycles. The Morgan fingerprint density at radius 2 is 1.66 bits per heavy atom. The minimum Gasteiger partial charge on any atom is -0.354 e. The second kappa shape index (κ2) is 12.8. The van der Waals surface area contributed by atoms with E-state index in [9.17, 15) is 18.0 Å². The van der Waals surface area contributed by atoms with E-state index < -0.39 is 28.5 Å². The number of carbonyl (C=O) groups is 2. The van der Waals surface area contributed by atoms with Crippen LogP contribution in [0.3, 0.4) is 0 Å². The molecule has 0 aliphatic rings. The zero-order valence-electron chi connectivity index (χ0n) is 20.1. The molecule has 0 heterocycles. The van der Waals surface area contributed by atoms with E-state index in [0.717, 1.165) is 10.6 Å². The van der Waals surface area contributed by atoms with Crippen molar-refractivity contribution in [1.29, 1.82) is 0 Å². The third-order valence-corrected chi connectivity index (χ3v) is 7.39. The van der Waals surface area contributed by atoms with E-state index in [4.69, 9.17) is 34.8 Å².